The van der Waals surface area contributed by atoms with Crippen molar-refractivity contribution in [2.45, 2.75) is 43.7 Å². The number of nitrogens with zero attached hydrogens (tertiary/aromatic N) is 1. The minimum atomic E-state index is 0.148. The van der Waals surface area contributed by atoms with Gasteiger partial charge in [-0.2, -0.15) is 0 Å². The summed E-state index contributed by atoms with van der Waals surface area (Å²) in [4.78, 5) is 2.32. The smallest absolute Gasteiger partial charge is 0.0438 e. The molecule has 1 aromatic carbocycles. The zero-order chi connectivity index (χ0) is 13.2. The Labute approximate surface area is 115 Å². The van der Waals surface area contributed by atoms with E-state index in [2.05, 4.69) is 25.1 Å². The van der Waals surface area contributed by atoms with E-state index in [4.69, 9.17) is 17.3 Å². The Bertz CT molecular complexity index is 397. The second-order valence-corrected chi connectivity index (χ2v) is 6.01. The van der Waals surface area contributed by atoms with Gasteiger partial charge in [0, 0.05) is 16.6 Å². The van der Waals surface area contributed by atoms with Gasteiger partial charge >= 0.3 is 0 Å². The molecule has 0 radical (unpaired) electrons. The Hall–Kier alpha value is -0.570. The van der Waals surface area contributed by atoms with E-state index in [0.29, 0.717) is 0 Å². The minimum absolute atomic E-state index is 0.148. The van der Waals surface area contributed by atoms with Crippen LogP contribution in [-0.2, 0) is 6.42 Å². The van der Waals surface area contributed by atoms with Gasteiger partial charge in [-0.3, -0.25) is 0 Å². The maximum atomic E-state index is 6.52. The third kappa shape index (κ3) is 2.56. The summed E-state index contributed by atoms with van der Waals surface area (Å²) in [6.45, 7) is 0. The summed E-state index contributed by atoms with van der Waals surface area (Å²) >= 11 is 6.23. The Kier molecular flexibility index (Phi) is 4.31. The van der Waals surface area contributed by atoms with Gasteiger partial charge in [-0.1, -0.05) is 42.6 Å². The molecule has 1 aromatic rings. The number of halogens is 1. The molecule has 0 saturated heterocycles. The predicted molar refractivity (Wildman–Crippen MR) is 78.0 cm³/mol. The van der Waals surface area contributed by atoms with Crippen LogP contribution in [0.3, 0.4) is 0 Å². The number of benzene rings is 1. The van der Waals surface area contributed by atoms with Crippen molar-refractivity contribution in [3.05, 3.63) is 34.9 Å². The molecule has 3 heteroatoms. The van der Waals surface area contributed by atoms with E-state index in [9.17, 15) is 0 Å². The topological polar surface area (TPSA) is 29.3 Å². The van der Waals surface area contributed by atoms with Crippen LogP contribution in [0.25, 0.3) is 0 Å². The first-order valence-electron chi connectivity index (χ1n) is 6.73. The molecule has 2 rings (SSSR count). The molecule has 1 atom stereocenters. The first-order chi connectivity index (χ1) is 8.56. The van der Waals surface area contributed by atoms with E-state index in [1.807, 2.05) is 18.2 Å². The van der Waals surface area contributed by atoms with Crippen molar-refractivity contribution in [1.29, 1.82) is 0 Å². The van der Waals surface area contributed by atoms with Crippen molar-refractivity contribution < 1.29 is 0 Å². The predicted octanol–water partition coefficient (Wildman–Crippen LogP) is 3.08. The van der Waals surface area contributed by atoms with E-state index >= 15 is 0 Å². The molecule has 1 unspecified atom stereocenters. The van der Waals surface area contributed by atoms with Crippen LogP contribution in [0.4, 0.5) is 0 Å². The Balaban J connectivity index is 2.16. The molecule has 0 aromatic heterocycles. The lowest BCUT2D eigenvalue weighted by molar-refractivity contribution is 0.123. The van der Waals surface area contributed by atoms with E-state index < -0.39 is 0 Å². The Morgan fingerprint density at radius 2 is 1.89 bits per heavy atom. The molecule has 100 valence electrons. The van der Waals surface area contributed by atoms with Crippen LogP contribution < -0.4 is 5.73 Å². The maximum Gasteiger partial charge on any atom is 0.0438 e. The largest absolute Gasteiger partial charge is 0.326 e. The monoisotopic (exact) mass is 266 g/mol. The van der Waals surface area contributed by atoms with Gasteiger partial charge in [0.2, 0.25) is 0 Å². The Morgan fingerprint density at radius 3 is 2.44 bits per heavy atom. The van der Waals surface area contributed by atoms with Crippen LogP contribution in [0.2, 0.25) is 5.02 Å². The number of hydrogen-bond donors (Lipinski definition) is 1. The maximum absolute atomic E-state index is 6.52. The van der Waals surface area contributed by atoms with Crippen LogP contribution in [0.15, 0.2) is 24.3 Å². The number of hydrogen-bond acceptors (Lipinski definition) is 2. The minimum Gasteiger partial charge on any atom is -0.326 e. The number of likely N-dealkylation sites (N-methyl/N-ethyl adjacent to an activating group) is 1. The summed E-state index contributed by atoms with van der Waals surface area (Å²) in [6.07, 6.45) is 5.83. The van der Waals surface area contributed by atoms with Crippen LogP contribution in [0, 0.1) is 0 Å². The van der Waals surface area contributed by atoms with Gasteiger partial charge in [0.1, 0.15) is 0 Å². The van der Waals surface area contributed by atoms with Gasteiger partial charge in [0.25, 0.3) is 0 Å². The molecule has 2 N–H and O–H groups in total. The summed E-state index contributed by atoms with van der Waals surface area (Å²) in [5.41, 5.74) is 7.83. The molecule has 2 nitrogen and oxygen atoms in total. The van der Waals surface area contributed by atoms with Gasteiger partial charge in [-0.15, -0.1) is 0 Å². The van der Waals surface area contributed by atoms with Gasteiger partial charge in [0.15, 0.2) is 0 Å². The molecule has 0 heterocycles. The summed E-state index contributed by atoms with van der Waals surface area (Å²) in [7, 11) is 4.30. The first-order valence-corrected chi connectivity index (χ1v) is 7.10. The number of nitrogens with two attached hydrogens (primary N) is 1. The highest BCUT2D eigenvalue weighted by Crippen LogP contribution is 2.37. The fourth-order valence-electron chi connectivity index (χ4n) is 3.23. The molecule has 1 aliphatic rings. The van der Waals surface area contributed by atoms with Crippen LogP contribution in [-0.4, -0.2) is 30.6 Å². The van der Waals surface area contributed by atoms with Crippen molar-refractivity contribution in [3.63, 3.8) is 0 Å². The third-order valence-corrected chi connectivity index (χ3v) is 4.82. The molecular formula is C15H23ClN2. The average molecular weight is 267 g/mol. The molecule has 1 saturated carbocycles. The summed E-state index contributed by atoms with van der Waals surface area (Å²) < 4.78 is 0. The fourth-order valence-corrected chi connectivity index (χ4v) is 3.44. The van der Waals surface area contributed by atoms with Crippen LogP contribution in [0.1, 0.15) is 31.2 Å². The van der Waals surface area contributed by atoms with Crippen molar-refractivity contribution >= 4 is 11.6 Å². The van der Waals surface area contributed by atoms with Crippen molar-refractivity contribution in [1.82, 2.24) is 4.90 Å². The third-order valence-electron chi connectivity index (χ3n) is 4.45. The van der Waals surface area contributed by atoms with Gasteiger partial charge in [0.05, 0.1) is 0 Å². The lowest BCUT2D eigenvalue weighted by Gasteiger charge is -2.41. The standard InChI is InChI=1S/C15H23ClN2/c1-18(2)15(9-5-6-10-15)14(17)11-12-7-3-4-8-13(12)16/h3-4,7-8,14H,5-6,9-11,17H2,1-2H3. The summed E-state index contributed by atoms with van der Waals surface area (Å²) in [6, 6.07) is 8.18. The van der Waals surface area contributed by atoms with E-state index in [1.165, 1.54) is 31.2 Å². The molecule has 18 heavy (non-hydrogen) atoms. The second kappa shape index (κ2) is 5.60. The highest BCUT2D eigenvalue weighted by atomic mass is 35.5. The van der Waals surface area contributed by atoms with Gasteiger partial charge in [-0.05, 0) is 45.0 Å². The molecule has 0 spiro atoms. The van der Waals surface area contributed by atoms with E-state index in [-0.39, 0.29) is 11.6 Å². The van der Waals surface area contributed by atoms with Crippen molar-refractivity contribution in [3.8, 4) is 0 Å². The normalized spacial score (nSPS) is 20.3. The van der Waals surface area contributed by atoms with Crippen molar-refractivity contribution in [2.24, 2.45) is 5.73 Å². The molecule has 1 aliphatic carbocycles. The molecule has 0 bridgehead atoms. The molecular weight excluding hydrogens is 244 g/mol. The molecule has 1 fully saturated rings. The second-order valence-electron chi connectivity index (χ2n) is 5.61. The molecule has 0 aliphatic heterocycles. The average Bonchev–Trinajstić information content (AvgIpc) is 2.82. The highest BCUT2D eigenvalue weighted by molar-refractivity contribution is 6.31. The molecule has 0 amide bonds. The summed E-state index contributed by atoms with van der Waals surface area (Å²) in [5.74, 6) is 0. The quantitative estimate of drug-likeness (QED) is 0.908. The van der Waals surface area contributed by atoms with Gasteiger partial charge < -0.3 is 10.6 Å². The van der Waals surface area contributed by atoms with Crippen LogP contribution >= 0.6 is 11.6 Å². The lowest BCUT2D eigenvalue weighted by atomic mass is 9.83. The first kappa shape index (κ1) is 13.9. The fraction of sp³-hybridized carbons (Fsp3) is 0.600. The van der Waals surface area contributed by atoms with E-state index in [0.717, 1.165) is 11.4 Å². The lowest BCUT2D eigenvalue weighted by Crippen LogP contribution is -2.56. The van der Waals surface area contributed by atoms with Gasteiger partial charge in [-0.25, -0.2) is 0 Å². The van der Waals surface area contributed by atoms with Crippen molar-refractivity contribution in [2.75, 3.05) is 14.1 Å². The summed E-state index contributed by atoms with van der Waals surface area (Å²) in [5, 5.41) is 0.833. The SMILES string of the molecule is CN(C)C1(C(N)Cc2ccccc2Cl)CCCC1. The Morgan fingerprint density at radius 1 is 1.28 bits per heavy atom. The zero-order valence-electron chi connectivity index (χ0n) is 11.3. The number of rotatable bonds is 4. The van der Waals surface area contributed by atoms with E-state index in [1.54, 1.807) is 0 Å². The van der Waals surface area contributed by atoms with Crippen LogP contribution in [0.5, 0.6) is 0 Å². The highest BCUT2D eigenvalue weighted by Gasteiger charge is 2.41. The zero-order valence-corrected chi connectivity index (χ0v) is 12.1.